The molecule has 5 nitrogen and oxygen atoms in total. The van der Waals surface area contributed by atoms with Crippen LogP contribution in [0.25, 0.3) is 0 Å². The van der Waals surface area contributed by atoms with Gasteiger partial charge in [-0.15, -0.1) is 0 Å². The van der Waals surface area contributed by atoms with Gasteiger partial charge in [0.1, 0.15) is 0 Å². The van der Waals surface area contributed by atoms with Gasteiger partial charge >= 0.3 is 0 Å². The molecule has 1 unspecified atom stereocenters. The molecule has 2 aliphatic rings. The van der Waals surface area contributed by atoms with Crippen LogP contribution in [0.5, 0.6) is 0 Å². The molecular formula is C11H23N3O2. The number of nitrogens with zero attached hydrogens (tertiary/aromatic N) is 1. The molecule has 1 aliphatic heterocycles. The molecular weight excluding hydrogens is 206 g/mol. The normalized spacial score (nSPS) is 26.6. The van der Waals surface area contributed by atoms with Crippen molar-refractivity contribution in [3.8, 4) is 0 Å². The van der Waals surface area contributed by atoms with Crippen molar-refractivity contribution in [3.63, 3.8) is 0 Å². The Hall–Kier alpha value is -0.200. The maximum absolute atomic E-state index is 5.95. The fourth-order valence-corrected chi connectivity index (χ4v) is 2.40. The van der Waals surface area contributed by atoms with Crippen molar-refractivity contribution in [3.05, 3.63) is 0 Å². The first kappa shape index (κ1) is 12.3. The van der Waals surface area contributed by atoms with Crippen molar-refractivity contribution in [2.75, 3.05) is 46.6 Å². The van der Waals surface area contributed by atoms with Crippen LogP contribution in [-0.2, 0) is 9.47 Å². The third-order valence-corrected chi connectivity index (χ3v) is 3.52. The van der Waals surface area contributed by atoms with Crippen LogP contribution < -0.4 is 11.2 Å². The third-order valence-electron chi connectivity index (χ3n) is 3.52. The lowest BCUT2D eigenvalue weighted by Crippen LogP contribution is -2.64. The molecule has 0 aromatic rings. The molecule has 1 aliphatic carbocycles. The minimum Gasteiger partial charge on any atom is -0.383 e. The van der Waals surface area contributed by atoms with Crippen LogP contribution in [0.3, 0.4) is 0 Å². The molecule has 1 saturated heterocycles. The lowest BCUT2D eigenvalue weighted by atomic mass is 9.95. The van der Waals surface area contributed by atoms with Crippen molar-refractivity contribution in [1.82, 2.24) is 10.4 Å². The smallest absolute Gasteiger partial charge is 0.0708 e. The topological polar surface area (TPSA) is 59.8 Å². The quantitative estimate of drug-likeness (QED) is 0.647. The molecule has 0 aromatic carbocycles. The van der Waals surface area contributed by atoms with Crippen molar-refractivity contribution in [2.24, 2.45) is 11.7 Å². The van der Waals surface area contributed by atoms with Gasteiger partial charge in [-0.05, 0) is 18.8 Å². The summed E-state index contributed by atoms with van der Waals surface area (Å²) < 4.78 is 10.7. The van der Waals surface area contributed by atoms with E-state index in [-0.39, 0.29) is 5.54 Å². The van der Waals surface area contributed by atoms with E-state index in [1.807, 2.05) is 0 Å². The number of hydrogen-bond donors (Lipinski definition) is 2. The Balaban J connectivity index is 1.94. The van der Waals surface area contributed by atoms with Crippen LogP contribution >= 0.6 is 0 Å². The number of ether oxygens (including phenoxy) is 2. The van der Waals surface area contributed by atoms with E-state index in [1.54, 1.807) is 7.11 Å². The summed E-state index contributed by atoms with van der Waals surface area (Å²) in [5, 5.41) is 2.23. The van der Waals surface area contributed by atoms with E-state index < -0.39 is 0 Å². The zero-order valence-electron chi connectivity index (χ0n) is 10.1. The number of hydrogen-bond acceptors (Lipinski definition) is 5. The van der Waals surface area contributed by atoms with E-state index in [1.165, 1.54) is 12.8 Å². The zero-order chi connectivity index (χ0) is 11.4. The molecule has 2 rings (SSSR count). The SMILES string of the molecule is COCC(CN)(NN1CCOCC1)C1CC1. The summed E-state index contributed by atoms with van der Waals surface area (Å²) >= 11 is 0. The first-order valence-electron chi connectivity index (χ1n) is 6.10. The van der Waals surface area contributed by atoms with Crippen molar-refractivity contribution in [2.45, 2.75) is 18.4 Å². The van der Waals surface area contributed by atoms with Gasteiger partial charge in [0.25, 0.3) is 0 Å². The molecule has 16 heavy (non-hydrogen) atoms. The Morgan fingerprint density at radius 3 is 2.62 bits per heavy atom. The van der Waals surface area contributed by atoms with Crippen molar-refractivity contribution in [1.29, 1.82) is 0 Å². The fourth-order valence-electron chi connectivity index (χ4n) is 2.40. The number of nitrogens with one attached hydrogen (secondary N) is 1. The van der Waals surface area contributed by atoms with Crippen LogP contribution in [0, 0.1) is 5.92 Å². The van der Waals surface area contributed by atoms with Gasteiger partial charge in [0.15, 0.2) is 0 Å². The predicted octanol–water partition coefficient (Wildman–Crippen LogP) is -0.423. The van der Waals surface area contributed by atoms with Gasteiger partial charge in [0.2, 0.25) is 0 Å². The van der Waals surface area contributed by atoms with Gasteiger partial charge in [-0.1, -0.05) is 0 Å². The van der Waals surface area contributed by atoms with E-state index in [2.05, 4.69) is 10.4 Å². The summed E-state index contributed by atoms with van der Waals surface area (Å²) in [5.74, 6) is 0.667. The van der Waals surface area contributed by atoms with Gasteiger partial charge in [0.05, 0.1) is 25.4 Å². The largest absolute Gasteiger partial charge is 0.383 e. The number of nitrogens with two attached hydrogens (primary N) is 1. The Labute approximate surface area is 97.2 Å². The summed E-state index contributed by atoms with van der Waals surface area (Å²) in [6.45, 7) is 4.77. The Bertz CT molecular complexity index is 217. The van der Waals surface area contributed by atoms with Crippen LogP contribution in [0.4, 0.5) is 0 Å². The number of hydrazine groups is 1. The summed E-state index contributed by atoms with van der Waals surface area (Å²) in [6, 6.07) is 0. The molecule has 1 heterocycles. The van der Waals surface area contributed by atoms with Gasteiger partial charge in [-0.3, -0.25) is 0 Å². The van der Waals surface area contributed by atoms with Crippen LogP contribution in [-0.4, -0.2) is 57.1 Å². The lowest BCUT2D eigenvalue weighted by Gasteiger charge is -2.40. The van der Waals surface area contributed by atoms with E-state index >= 15 is 0 Å². The lowest BCUT2D eigenvalue weighted by molar-refractivity contribution is -0.0330. The van der Waals surface area contributed by atoms with Crippen molar-refractivity contribution >= 4 is 0 Å². The van der Waals surface area contributed by atoms with Gasteiger partial charge in [-0.25, -0.2) is 10.4 Å². The number of morpholine rings is 1. The summed E-state index contributed by atoms with van der Waals surface area (Å²) in [7, 11) is 1.74. The molecule has 3 N–H and O–H groups in total. The molecule has 94 valence electrons. The molecule has 0 spiro atoms. The average Bonchev–Trinajstić information content (AvgIpc) is 3.14. The van der Waals surface area contributed by atoms with Crippen molar-refractivity contribution < 1.29 is 9.47 Å². The van der Waals surface area contributed by atoms with E-state index in [0.29, 0.717) is 19.1 Å². The molecule has 0 aromatic heterocycles. The second-order valence-corrected chi connectivity index (χ2v) is 4.78. The molecule has 1 saturated carbocycles. The summed E-state index contributed by atoms with van der Waals surface area (Å²) in [4.78, 5) is 0. The Kier molecular flexibility index (Phi) is 4.16. The van der Waals surface area contributed by atoms with E-state index in [0.717, 1.165) is 26.3 Å². The number of rotatable bonds is 6. The molecule has 0 bridgehead atoms. The van der Waals surface area contributed by atoms with Crippen LogP contribution in [0.15, 0.2) is 0 Å². The summed E-state index contributed by atoms with van der Waals surface area (Å²) in [5.41, 5.74) is 9.47. The average molecular weight is 229 g/mol. The summed E-state index contributed by atoms with van der Waals surface area (Å²) in [6.07, 6.45) is 2.52. The molecule has 0 amide bonds. The molecule has 1 atom stereocenters. The Morgan fingerprint density at radius 1 is 1.44 bits per heavy atom. The maximum atomic E-state index is 5.95. The minimum absolute atomic E-state index is 0.0634. The monoisotopic (exact) mass is 229 g/mol. The molecule has 0 radical (unpaired) electrons. The van der Waals surface area contributed by atoms with Gasteiger partial charge in [-0.2, -0.15) is 0 Å². The minimum atomic E-state index is -0.0634. The van der Waals surface area contributed by atoms with Gasteiger partial charge < -0.3 is 15.2 Å². The maximum Gasteiger partial charge on any atom is 0.0708 e. The second kappa shape index (κ2) is 5.42. The van der Waals surface area contributed by atoms with Crippen LogP contribution in [0.2, 0.25) is 0 Å². The highest BCUT2D eigenvalue weighted by Gasteiger charge is 2.45. The predicted molar refractivity (Wildman–Crippen MR) is 61.9 cm³/mol. The van der Waals surface area contributed by atoms with E-state index in [4.69, 9.17) is 15.2 Å². The standard InChI is InChI=1S/C11H23N3O2/c1-15-9-11(8-12,10-2-3-10)13-14-4-6-16-7-5-14/h10,13H,2-9,12H2,1H3. The first-order chi connectivity index (χ1) is 7.80. The molecule has 2 fully saturated rings. The van der Waals surface area contributed by atoms with Gasteiger partial charge in [0, 0.05) is 26.7 Å². The van der Waals surface area contributed by atoms with E-state index in [9.17, 15) is 0 Å². The molecule has 5 heteroatoms. The highest BCUT2D eigenvalue weighted by molar-refractivity contribution is 5.01. The zero-order valence-corrected chi connectivity index (χ0v) is 10.1. The Morgan fingerprint density at radius 2 is 2.12 bits per heavy atom. The second-order valence-electron chi connectivity index (χ2n) is 4.78. The van der Waals surface area contributed by atoms with Crippen LogP contribution in [0.1, 0.15) is 12.8 Å². The number of methoxy groups -OCH3 is 1. The third kappa shape index (κ3) is 2.73. The highest BCUT2D eigenvalue weighted by atomic mass is 16.5. The first-order valence-corrected chi connectivity index (χ1v) is 6.10. The highest BCUT2D eigenvalue weighted by Crippen LogP contribution is 2.39. The fraction of sp³-hybridized carbons (Fsp3) is 1.00.